The lowest BCUT2D eigenvalue weighted by atomic mass is 10.0. The Balaban J connectivity index is 1.63. The fraction of sp³-hybridized carbons (Fsp3) is 0.294. The van der Waals surface area contributed by atoms with Gasteiger partial charge in [-0.1, -0.05) is 36.4 Å². The lowest BCUT2D eigenvalue weighted by molar-refractivity contribution is 0.100. The van der Waals surface area contributed by atoms with Crippen LogP contribution in [0, 0.1) is 6.92 Å². The van der Waals surface area contributed by atoms with Crippen molar-refractivity contribution in [3.8, 4) is 0 Å². The number of nitrogens with zero attached hydrogens (tertiary/aromatic N) is 1. The zero-order valence-electron chi connectivity index (χ0n) is 12.5. The molecule has 1 aromatic carbocycles. The van der Waals surface area contributed by atoms with E-state index in [-0.39, 0.29) is 18.2 Å². The summed E-state index contributed by atoms with van der Waals surface area (Å²) in [5.41, 5.74) is 1.95. The summed E-state index contributed by atoms with van der Waals surface area (Å²) in [6.07, 6.45) is 0.700. The summed E-state index contributed by atoms with van der Waals surface area (Å²) in [5, 5.41) is 5.75. The SMILES string of the molecule is Cc1cccc(NC(=O)NC2CCOC2c2ccccc2)n1. The Kier molecular flexibility index (Phi) is 4.34. The Bertz CT molecular complexity index is 645. The third kappa shape index (κ3) is 3.43. The molecule has 2 unspecified atom stereocenters. The van der Waals surface area contributed by atoms with Gasteiger partial charge in [-0.05, 0) is 31.0 Å². The summed E-state index contributed by atoms with van der Waals surface area (Å²) >= 11 is 0. The van der Waals surface area contributed by atoms with E-state index < -0.39 is 0 Å². The number of rotatable bonds is 3. The molecule has 2 N–H and O–H groups in total. The zero-order valence-corrected chi connectivity index (χ0v) is 12.5. The van der Waals surface area contributed by atoms with Gasteiger partial charge in [0, 0.05) is 12.3 Å². The number of aryl methyl sites for hydroxylation is 1. The number of aromatic nitrogens is 1. The van der Waals surface area contributed by atoms with Gasteiger partial charge in [0.05, 0.1) is 6.04 Å². The molecule has 2 heterocycles. The predicted molar refractivity (Wildman–Crippen MR) is 84.7 cm³/mol. The Morgan fingerprint density at radius 1 is 1.18 bits per heavy atom. The molecule has 0 saturated carbocycles. The van der Waals surface area contributed by atoms with Crippen LogP contribution in [0.3, 0.4) is 0 Å². The lowest BCUT2D eigenvalue weighted by Crippen LogP contribution is -2.39. The number of pyridine rings is 1. The smallest absolute Gasteiger partial charge is 0.320 e. The number of amides is 2. The minimum atomic E-state index is -0.255. The van der Waals surface area contributed by atoms with E-state index in [0.29, 0.717) is 12.4 Å². The Morgan fingerprint density at radius 3 is 2.77 bits per heavy atom. The molecule has 1 fully saturated rings. The average molecular weight is 297 g/mol. The third-order valence-corrected chi connectivity index (χ3v) is 3.67. The van der Waals surface area contributed by atoms with E-state index in [0.717, 1.165) is 17.7 Å². The molecule has 1 aliphatic rings. The highest BCUT2D eigenvalue weighted by molar-refractivity contribution is 5.88. The lowest BCUT2D eigenvalue weighted by Gasteiger charge is -2.20. The third-order valence-electron chi connectivity index (χ3n) is 3.67. The zero-order chi connectivity index (χ0) is 15.4. The monoisotopic (exact) mass is 297 g/mol. The maximum absolute atomic E-state index is 12.1. The minimum absolute atomic E-state index is 0.0350. The van der Waals surface area contributed by atoms with Gasteiger partial charge in [-0.15, -0.1) is 0 Å². The first kappa shape index (κ1) is 14.5. The summed E-state index contributed by atoms with van der Waals surface area (Å²) < 4.78 is 5.76. The van der Waals surface area contributed by atoms with Crippen LogP contribution >= 0.6 is 0 Å². The minimum Gasteiger partial charge on any atom is -0.371 e. The number of anilines is 1. The first-order valence-corrected chi connectivity index (χ1v) is 7.40. The molecule has 0 spiro atoms. The molecule has 22 heavy (non-hydrogen) atoms. The van der Waals surface area contributed by atoms with Crippen LogP contribution in [0.15, 0.2) is 48.5 Å². The van der Waals surface area contributed by atoms with Crippen LogP contribution in [0.4, 0.5) is 10.6 Å². The molecule has 0 bridgehead atoms. The van der Waals surface area contributed by atoms with Gasteiger partial charge in [0.15, 0.2) is 0 Å². The fourth-order valence-corrected chi connectivity index (χ4v) is 2.64. The van der Waals surface area contributed by atoms with E-state index in [1.54, 1.807) is 6.07 Å². The van der Waals surface area contributed by atoms with Crippen LogP contribution < -0.4 is 10.6 Å². The van der Waals surface area contributed by atoms with E-state index in [1.807, 2.05) is 49.4 Å². The van der Waals surface area contributed by atoms with Crippen molar-refractivity contribution in [3.63, 3.8) is 0 Å². The standard InChI is InChI=1S/C17H19N3O2/c1-12-6-5-9-15(18-12)20-17(21)19-14-10-11-22-16(14)13-7-3-2-4-8-13/h2-9,14,16H,10-11H2,1H3,(H2,18,19,20,21). The van der Waals surface area contributed by atoms with Crippen molar-refractivity contribution in [1.29, 1.82) is 0 Å². The van der Waals surface area contributed by atoms with Gasteiger partial charge < -0.3 is 10.1 Å². The molecule has 1 aliphatic heterocycles. The van der Waals surface area contributed by atoms with E-state index in [4.69, 9.17) is 4.74 Å². The highest BCUT2D eigenvalue weighted by Gasteiger charge is 2.30. The van der Waals surface area contributed by atoms with Crippen LogP contribution in [0.2, 0.25) is 0 Å². The maximum atomic E-state index is 12.1. The average Bonchev–Trinajstić information content (AvgIpc) is 2.96. The van der Waals surface area contributed by atoms with Crippen LogP contribution in [0.5, 0.6) is 0 Å². The number of benzene rings is 1. The van der Waals surface area contributed by atoms with Crippen LogP contribution in [-0.2, 0) is 4.74 Å². The van der Waals surface area contributed by atoms with Crippen LogP contribution in [0.1, 0.15) is 23.8 Å². The molecule has 0 aliphatic carbocycles. The van der Waals surface area contributed by atoms with E-state index in [1.165, 1.54) is 0 Å². The van der Waals surface area contributed by atoms with Crippen molar-refractivity contribution in [3.05, 3.63) is 59.8 Å². The summed E-state index contributed by atoms with van der Waals surface area (Å²) in [6.45, 7) is 2.53. The molecule has 5 nitrogen and oxygen atoms in total. The van der Waals surface area contributed by atoms with Crippen molar-refractivity contribution in [2.24, 2.45) is 0 Å². The second-order valence-electron chi connectivity index (χ2n) is 5.36. The number of ether oxygens (including phenoxy) is 1. The first-order chi connectivity index (χ1) is 10.7. The Labute approximate surface area is 129 Å². The second-order valence-corrected chi connectivity index (χ2v) is 5.36. The highest BCUT2D eigenvalue weighted by atomic mass is 16.5. The van der Waals surface area contributed by atoms with Crippen molar-refractivity contribution >= 4 is 11.8 Å². The topological polar surface area (TPSA) is 63.2 Å². The number of carbonyl (C=O) groups is 1. The highest BCUT2D eigenvalue weighted by Crippen LogP contribution is 2.28. The summed E-state index contributed by atoms with van der Waals surface area (Å²) in [4.78, 5) is 16.4. The molecule has 2 amide bonds. The number of carbonyl (C=O) groups excluding carboxylic acids is 1. The number of nitrogens with one attached hydrogen (secondary N) is 2. The van der Waals surface area contributed by atoms with Gasteiger partial charge in [-0.2, -0.15) is 0 Å². The molecular formula is C17H19N3O2. The molecule has 114 valence electrons. The fourth-order valence-electron chi connectivity index (χ4n) is 2.64. The normalized spacial score (nSPS) is 20.6. The summed E-state index contributed by atoms with van der Waals surface area (Å²) in [6, 6.07) is 15.2. The Morgan fingerprint density at radius 2 is 2.00 bits per heavy atom. The van der Waals surface area contributed by atoms with Crippen molar-refractivity contribution in [1.82, 2.24) is 10.3 Å². The van der Waals surface area contributed by atoms with Crippen molar-refractivity contribution in [2.45, 2.75) is 25.5 Å². The van der Waals surface area contributed by atoms with Gasteiger partial charge in [0.25, 0.3) is 0 Å². The largest absolute Gasteiger partial charge is 0.371 e. The maximum Gasteiger partial charge on any atom is 0.320 e. The molecule has 1 saturated heterocycles. The number of hydrogen-bond donors (Lipinski definition) is 2. The van der Waals surface area contributed by atoms with Gasteiger partial charge in [0.2, 0.25) is 0 Å². The van der Waals surface area contributed by atoms with Gasteiger partial charge in [-0.25, -0.2) is 9.78 Å². The summed E-state index contributed by atoms with van der Waals surface area (Å²) in [7, 11) is 0. The number of urea groups is 1. The molecule has 0 radical (unpaired) electrons. The summed E-state index contributed by atoms with van der Waals surface area (Å²) in [5.74, 6) is 0.549. The predicted octanol–water partition coefficient (Wildman–Crippen LogP) is 3.04. The van der Waals surface area contributed by atoms with Crippen LogP contribution in [0.25, 0.3) is 0 Å². The number of hydrogen-bond acceptors (Lipinski definition) is 3. The molecule has 3 rings (SSSR count). The van der Waals surface area contributed by atoms with Gasteiger partial charge in [-0.3, -0.25) is 5.32 Å². The van der Waals surface area contributed by atoms with E-state index in [9.17, 15) is 4.79 Å². The van der Waals surface area contributed by atoms with Gasteiger partial charge in [0.1, 0.15) is 11.9 Å². The van der Waals surface area contributed by atoms with Crippen molar-refractivity contribution in [2.75, 3.05) is 11.9 Å². The van der Waals surface area contributed by atoms with Crippen molar-refractivity contribution < 1.29 is 9.53 Å². The first-order valence-electron chi connectivity index (χ1n) is 7.40. The molecule has 2 aromatic rings. The van der Waals surface area contributed by atoms with E-state index >= 15 is 0 Å². The molecule has 2 atom stereocenters. The molecule has 5 heteroatoms. The molecular weight excluding hydrogens is 278 g/mol. The van der Waals surface area contributed by atoms with E-state index in [2.05, 4.69) is 15.6 Å². The quantitative estimate of drug-likeness (QED) is 0.915. The van der Waals surface area contributed by atoms with Crippen LogP contribution in [-0.4, -0.2) is 23.7 Å². The van der Waals surface area contributed by atoms with Gasteiger partial charge >= 0.3 is 6.03 Å². The Hall–Kier alpha value is -2.40. The molecule has 1 aromatic heterocycles. The second kappa shape index (κ2) is 6.58.